The van der Waals surface area contributed by atoms with Crippen molar-refractivity contribution < 1.29 is 52.2 Å². The first kappa shape index (κ1) is 68.7. The summed E-state index contributed by atoms with van der Waals surface area (Å²) < 4.78 is 39.5. The molecule has 0 amide bonds. The van der Waals surface area contributed by atoms with Gasteiger partial charge < -0.3 is 24.2 Å². The molecule has 0 radical (unpaired) electrons. The van der Waals surface area contributed by atoms with E-state index in [4.69, 9.17) is 23.3 Å². The van der Waals surface area contributed by atoms with E-state index >= 15 is 0 Å². The molecule has 12 heteroatoms. The lowest BCUT2D eigenvalue weighted by atomic mass is 10.1. The molecule has 0 aromatic carbocycles. The van der Waals surface area contributed by atoms with E-state index in [1.807, 2.05) is 0 Å². The Kier molecular flexibility index (Phi) is 51.4. The number of esters is 3. The van der Waals surface area contributed by atoms with Crippen molar-refractivity contribution >= 4 is 25.7 Å². The van der Waals surface area contributed by atoms with Crippen LogP contribution in [0.15, 0.2) is 85.1 Å². The van der Waals surface area contributed by atoms with Crippen molar-refractivity contribution in [1.82, 2.24) is 0 Å². The monoisotopic (exact) mass is 1030 g/mol. The van der Waals surface area contributed by atoms with Gasteiger partial charge >= 0.3 is 25.7 Å². The second-order valence-electron chi connectivity index (χ2n) is 18.7. The highest BCUT2D eigenvalue weighted by Gasteiger charge is 2.28. The number of hydrogen-bond donors (Lipinski definition) is 2. The molecule has 0 rings (SSSR count). The molecule has 0 aliphatic rings. The summed E-state index contributed by atoms with van der Waals surface area (Å²) in [5, 5.41) is 9.81. The number of phosphoric ester groups is 1. The van der Waals surface area contributed by atoms with Crippen LogP contribution in [0.2, 0.25) is 0 Å². The molecular formula is C60H103O11P. The highest BCUT2D eigenvalue weighted by Crippen LogP contribution is 2.43. The number of aliphatic hydroxyl groups excluding tert-OH is 1. The Labute approximate surface area is 439 Å². The maximum absolute atomic E-state index is 12.9. The SMILES string of the molecule is CC/C=C\C/C=C\C/C=C\CCCCCCCC(=O)OCC(COP(=O)(O)OCC(CO)OC(=O)CCCCCCC/C=C\C/C=C\CCCCC)OC(=O)CCCCCCC/C=C\C/C=C\CCCCC. The van der Waals surface area contributed by atoms with E-state index in [2.05, 4.69) is 106 Å². The molecule has 0 fully saturated rings. The zero-order valence-corrected chi connectivity index (χ0v) is 46.5. The maximum Gasteiger partial charge on any atom is 0.472 e. The average molecular weight is 1030 g/mol. The fourth-order valence-electron chi connectivity index (χ4n) is 7.43. The predicted octanol–water partition coefficient (Wildman–Crippen LogP) is 16.7. The molecule has 0 aliphatic carbocycles. The van der Waals surface area contributed by atoms with E-state index in [0.29, 0.717) is 19.3 Å². The number of phosphoric acid groups is 1. The number of unbranched alkanes of at least 4 members (excludes halogenated alkanes) is 21. The van der Waals surface area contributed by atoms with E-state index in [1.165, 1.54) is 38.5 Å². The first-order valence-electron chi connectivity index (χ1n) is 28.5. The number of hydrogen-bond acceptors (Lipinski definition) is 10. The third-order valence-electron chi connectivity index (χ3n) is 11.8. The van der Waals surface area contributed by atoms with Crippen molar-refractivity contribution in [2.75, 3.05) is 26.4 Å². The number of rotatable bonds is 52. The highest BCUT2D eigenvalue weighted by molar-refractivity contribution is 7.47. The van der Waals surface area contributed by atoms with Gasteiger partial charge in [-0.3, -0.25) is 23.4 Å². The number of aliphatic hydroxyl groups is 1. The Bertz CT molecular complexity index is 1530. The molecule has 3 unspecified atom stereocenters. The fraction of sp³-hybridized carbons (Fsp3) is 0.717. The van der Waals surface area contributed by atoms with Crippen LogP contribution in [0.4, 0.5) is 0 Å². The predicted molar refractivity (Wildman–Crippen MR) is 298 cm³/mol. The average Bonchev–Trinajstić information content (AvgIpc) is 3.37. The molecule has 72 heavy (non-hydrogen) atoms. The van der Waals surface area contributed by atoms with Gasteiger partial charge in [-0.05, 0) is 116 Å². The molecule has 0 spiro atoms. The fourth-order valence-corrected chi connectivity index (χ4v) is 8.21. The lowest BCUT2D eigenvalue weighted by Gasteiger charge is -2.21. The summed E-state index contributed by atoms with van der Waals surface area (Å²) in [6.07, 6.45) is 61.0. The van der Waals surface area contributed by atoms with Gasteiger partial charge in [0.1, 0.15) is 12.7 Å². The van der Waals surface area contributed by atoms with Crippen molar-refractivity contribution in [3.8, 4) is 0 Å². The molecule has 0 saturated heterocycles. The molecular weight excluding hydrogens is 928 g/mol. The van der Waals surface area contributed by atoms with Crippen LogP contribution in [-0.4, -0.2) is 66.5 Å². The van der Waals surface area contributed by atoms with E-state index < -0.39 is 57.8 Å². The quantitative estimate of drug-likeness (QED) is 0.0197. The first-order chi connectivity index (χ1) is 35.2. The minimum atomic E-state index is -4.76. The van der Waals surface area contributed by atoms with Gasteiger partial charge in [0.05, 0.1) is 19.8 Å². The number of carbonyl (C=O) groups excluding carboxylic acids is 3. The van der Waals surface area contributed by atoms with Crippen LogP contribution >= 0.6 is 7.82 Å². The maximum atomic E-state index is 12.9. The van der Waals surface area contributed by atoms with Crippen molar-refractivity contribution in [2.24, 2.45) is 0 Å². The minimum absolute atomic E-state index is 0.144. The van der Waals surface area contributed by atoms with E-state index in [1.54, 1.807) is 0 Å². The van der Waals surface area contributed by atoms with E-state index in [9.17, 15) is 28.9 Å². The highest BCUT2D eigenvalue weighted by atomic mass is 31.2. The zero-order chi connectivity index (χ0) is 52.7. The number of ether oxygens (including phenoxy) is 3. The molecule has 0 aromatic heterocycles. The second kappa shape index (κ2) is 53.9. The van der Waals surface area contributed by atoms with Crippen molar-refractivity contribution in [3.63, 3.8) is 0 Å². The largest absolute Gasteiger partial charge is 0.472 e. The molecule has 2 N–H and O–H groups in total. The molecule has 0 aromatic rings. The zero-order valence-electron chi connectivity index (χ0n) is 45.6. The Morgan fingerprint density at radius 1 is 0.403 bits per heavy atom. The van der Waals surface area contributed by atoms with Crippen LogP contribution in [0.1, 0.15) is 239 Å². The number of allylic oxidation sites excluding steroid dienone is 14. The van der Waals surface area contributed by atoms with Crippen LogP contribution in [0.5, 0.6) is 0 Å². The van der Waals surface area contributed by atoms with Crippen molar-refractivity contribution in [1.29, 1.82) is 0 Å². The molecule has 414 valence electrons. The van der Waals surface area contributed by atoms with E-state index in [-0.39, 0.29) is 25.9 Å². The molecule has 0 bridgehead atoms. The van der Waals surface area contributed by atoms with Gasteiger partial charge in [0, 0.05) is 19.3 Å². The van der Waals surface area contributed by atoms with Gasteiger partial charge in [-0.15, -0.1) is 0 Å². The van der Waals surface area contributed by atoms with Gasteiger partial charge in [0.25, 0.3) is 0 Å². The van der Waals surface area contributed by atoms with Crippen LogP contribution in [-0.2, 0) is 42.2 Å². The summed E-state index contributed by atoms with van der Waals surface area (Å²) in [6, 6.07) is 0. The summed E-state index contributed by atoms with van der Waals surface area (Å²) in [5.41, 5.74) is 0. The minimum Gasteiger partial charge on any atom is -0.462 e. The van der Waals surface area contributed by atoms with Gasteiger partial charge in [-0.1, -0.05) is 189 Å². The number of carbonyl (C=O) groups is 3. The van der Waals surface area contributed by atoms with Crippen LogP contribution in [0, 0.1) is 0 Å². The Balaban J connectivity index is 4.78. The first-order valence-corrected chi connectivity index (χ1v) is 30.0. The van der Waals surface area contributed by atoms with Crippen LogP contribution < -0.4 is 0 Å². The third kappa shape index (κ3) is 51.6. The van der Waals surface area contributed by atoms with Gasteiger partial charge in [-0.2, -0.15) is 0 Å². The normalized spacial score (nSPS) is 14.0. The molecule has 0 heterocycles. The summed E-state index contributed by atoms with van der Waals surface area (Å²) in [5.74, 6) is -1.52. The smallest absolute Gasteiger partial charge is 0.462 e. The van der Waals surface area contributed by atoms with E-state index in [0.717, 1.165) is 141 Å². The molecule has 11 nitrogen and oxygen atoms in total. The summed E-state index contributed by atoms with van der Waals surface area (Å²) in [7, 11) is -4.76. The topological polar surface area (TPSA) is 155 Å². The Hall–Kier alpha value is -3.34. The molecule has 3 atom stereocenters. The molecule has 0 aliphatic heterocycles. The third-order valence-corrected chi connectivity index (χ3v) is 12.7. The van der Waals surface area contributed by atoms with Gasteiger partial charge in [0.15, 0.2) is 6.10 Å². The lowest BCUT2D eigenvalue weighted by molar-refractivity contribution is -0.161. The van der Waals surface area contributed by atoms with Gasteiger partial charge in [0.2, 0.25) is 0 Å². The van der Waals surface area contributed by atoms with Crippen molar-refractivity contribution in [3.05, 3.63) is 85.1 Å². The van der Waals surface area contributed by atoms with Crippen LogP contribution in [0.25, 0.3) is 0 Å². The second-order valence-corrected chi connectivity index (χ2v) is 20.2. The lowest BCUT2D eigenvalue weighted by Crippen LogP contribution is -2.30. The molecule has 0 saturated carbocycles. The summed E-state index contributed by atoms with van der Waals surface area (Å²) >= 11 is 0. The van der Waals surface area contributed by atoms with Crippen molar-refractivity contribution in [2.45, 2.75) is 251 Å². The standard InChI is InChI=1S/C60H103O11P/c1-4-7-10-13-16-19-22-25-28-31-34-37-40-43-46-49-58(62)67-53-57(71-60(64)51-48-45-42-39-36-33-30-27-24-21-18-15-12-9-6-3)55-69-72(65,66)68-54-56(52-61)70-59(63)50-47-44-41-38-35-32-29-26-23-20-17-14-11-8-5-2/h7,10,16-21,25-30,56-57,61H,4-6,8-9,11-15,22-24,31-55H2,1-3H3,(H,65,66)/b10-7-,19-16-,20-17-,21-18-,28-25-,29-26-,30-27-. The Morgan fingerprint density at radius 3 is 1.11 bits per heavy atom. The van der Waals surface area contributed by atoms with Crippen LogP contribution in [0.3, 0.4) is 0 Å². The summed E-state index contributed by atoms with van der Waals surface area (Å²) in [4.78, 5) is 48.5. The Morgan fingerprint density at radius 2 is 0.722 bits per heavy atom. The summed E-state index contributed by atoms with van der Waals surface area (Å²) in [6.45, 7) is 4.43. The van der Waals surface area contributed by atoms with Gasteiger partial charge in [-0.25, -0.2) is 4.57 Å².